The Morgan fingerprint density at radius 3 is 2.96 bits per heavy atom. The number of carbonyl (C=O) groups excluding carboxylic acids is 1. The van der Waals surface area contributed by atoms with Crippen molar-refractivity contribution in [1.82, 2.24) is 9.88 Å². The van der Waals surface area contributed by atoms with Gasteiger partial charge in [0.15, 0.2) is 0 Å². The summed E-state index contributed by atoms with van der Waals surface area (Å²) in [5.41, 5.74) is 4.67. The maximum absolute atomic E-state index is 12.8. The van der Waals surface area contributed by atoms with Gasteiger partial charge in [-0.1, -0.05) is 6.92 Å². The molecular formula is C20H26N2O2. The molecule has 1 aliphatic carbocycles. The first-order chi connectivity index (χ1) is 11.5. The minimum Gasteiger partial charge on any atom is -0.393 e. The van der Waals surface area contributed by atoms with Crippen LogP contribution in [0.25, 0.3) is 10.9 Å². The summed E-state index contributed by atoms with van der Waals surface area (Å²) in [5, 5.41) is 11.0. The van der Waals surface area contributed by atoms with Gasteiger partial charge in [0.25, 0.3) is 5.91 Å². The summed E-state index contributed by atoms with van der Waals surface area (Å²) < 4.78 is 0. The van der Waals surface area contributed by atoms with Gasteiger partial charge in [0.05, 0.1) is 6.10 Å². The lowest BCUT2D eigenvalue weighted by Gasteiger charge is -2.19. The third kappa shape index (κ3) is 2.63. The Labute approximate surface area is 142 Å². The van der Waals surface area contributed by atoms with Crippen LogP contribution in [0.4, 0.5) is 0 Å². The lowest BCUT2D eigenvalue weighted by atomic mass is 9.87. The number of nitrogens with zero attached hydrogens (tertiary/aromatic N) is 1. The lowest BCUT2D eigenvalue weighted by Crippen LogP contribution is -2.30. The van der Waals surface area contributed by atoms with Crippen molar-refractivity contribution in [1.29, 1.82) is 0 Å². The van der Waals surface area contributed by atoms with Crippen LogP contribution in [0.15, 0.2) is 18.2 Å². The van der Waals surface area contributed by atoms with Crippen molar-refractivity contribution in [3.05, 3.63) is 35.0 Å². The number of hydrogen-bond acceptors (Lipinski definition) is 2. The van der Waals surface area contributed by atoms with E-state index in [0.717, 1.165) is 36.9 Å². The number of H-pyrrole nitrogens is 1. The summed E-state index contributed by atoms with van der Waals surface area (Å²) in [7, 11) is 0. The number of likely N-dealkylation sites (tertiary alicyclic amines) is 1. The molecule has 0 radical (unpaired) electrons. The summed E-state index contributed by atoms with van der Waals surface area (Å²) in [4.78, 5) is 18.3. The minimum absolute atomic E-state index is 0.0962. The number of aryl methyl sites for hydroxylation is 1. The van der Waals surface area contributed by atoms with Crippen LogP contribution in [0.5, 0.6) is 0 Å². The third-order valence-corrected chi connectivity index (χ3v) is 5.88. The number of amides is 1. The average Bonchev–Trinajstić information content (AvgIpc) is 3.18. The van der Waals surface area contributed by atoms with Crippen LogP contribution in [-0.4, -0.2) is 40.1 Å². The first kappa shape index (κ1) is 15.7. The molecule has 0 saturated carbocycles. The SMILES string of the molecule is CC1CCc2[nH]c3ccc(C(=O)N4CCC(C(C)O)C4)cc3c2C1. The Morgan fingerprint density at radius 1 is 1.38 bits per heavy atom. The number of aliphatic hydroxyl groups excluding tert-OH is 1. The largest absolute Gasteiger partial charge is 0.393 e. The molecule has 128 valence electrons. The number of rotatable bonds is 2. The molecule has 2 aromatic rings. The van der Waals surface area contributed by atoms with Gasteiger partial charge in [-0.25, -0.2) is 0 Å². The van der Waals surface area contributed by atoms with E-state index in [1.807, 2.05) is 24.0 Å². The highest BCUT2D eigenvalue weighted by Crippen LogP contribution is 2.32. The molecule has 1 aromatic carbocycles. The highest BCUT2D eigenvalue weighted by Gasteiger charge is 2.30. The molecule has 3 atom stereocenters. The average molecular weight is 326 g/mol. The second-order valence-corrected chi connectivity index (χ2v) is 7.73. The van der Waals surface area contributed by atoms with E-state index in [-0.39, 0.29) is 17.9 Å². The molecule has 1 aliphatic heterocycles. The minimum atomic E-state index is -0.344. The number of aliphatic hydroxyl groups is 1. The topological polar surface area (TPSA) is 56.3 Å². The van der Waals surface area contributed by atoms with E-state index in [9.17, 15) is 9.90 Å². The molecule has 4 heteroatoms. The molecule has 4 nitrogen and oxygen atoms in total. The number of aromatic amines is 1. The number of carbonyl (C=O) groups is 1. The van der Waals surface area contributed by atoms with E-state index in [1.165, 1.54) is 23.1 Å². The highest BCUT2D eigenvalue weighted by atomic mass is 16.3. The summed E-state index contributed by atoms with van der Waals surface area (Å²) >= 11 is 0. The Morgan fingerprint density at radius 2 is 2.21 bits per heavy atom. The van der Waals surface area contributed by atoms with Crippen LogP contribution in [0, 0.1) is 11.8 Å². The molecule has 1 aromatic heterocycles. The molecule has 24 heavy (non-hydrogen) atoms. The first-order valence-electron chi connectivity index (χ1n) is 9.13. The van der Waals surface area contributed by atoms with Crippen molar-refractivity contribution in [3.8, 4) is 0 Å². The van der Waals surface area contributed by atoms with E-state index in [0.29, 0.717) is 12.5 Å². The van der Waals surface area contributed by atoms with E-state index in [4.69, 9.17) is 0 Å². The standard InChI is InChI=1S/C20H26N2O2/c1-12-3-5-18-16(9-12)17-10-14(4-6-19(17)21-18)20(24)22-8-7-15(11-22)13(2)23/h4,6,10,12-13,15,21,23H,3,5,7-9,11H2,1-2H3. The predicted octanol–water partition coefficient (Wildman–Crippen LogP) is 3.14. The van der Waals surface area contributed by atoms with Gasteiger partial charge in [0.1, 0.15) is 0 Å². The molecule has 2 N–H and O–H groups in total. The molecule has 1 fully saturated rings. The molecule has 2 aliphatic rings. The summed E-state index contributed by atoms with van der Waals surface area (Å²) in [5.74, 6) is 1.01. The zero-order valence-electron chi connectivity index (χ0n) is 14.5. The Kier molecular flexibility index (Phi) is 3.87. The molecule has 0 spiro atoms. The first-order valence-corrected chi connectivity index (χ1v) is 9.13. The summed E-state index contributed by atoms with van der Waals surface area (Å²) in [6, 6.07) is 6.06. The predicted molar refractivity (Wildman–Crippen MR) is 95.2 cm³/mol. The second-order valence-electron chi connectivity index (χ2n) is 7.73. The number of benzene rings is 1. The maximum Gasteiger partial charge on any atom is 0.253 e. The van der Waals surface area contributed by atoms with Crippen LogP contribution in [0.1, 0.15) is 48.3 Å². The van der Waals surface area contributed by atoms with Gasteiger partial charge in [-0.15, -0.1) is 0 Å². The van der Waals surface area contributed by atoms with E-state index < -0.39 is 0 Å². The van der Waals surface area contributed by atoms with E-state index >= 15 is 0 Å². The highest BCUT2D eigenvalue weighted by molar-refractivity contribution is 5.99. The van der Waals surface area contributed by atoms with Crippen molar-refractivity contribution in [2.75, 3.05) is 13.1 Å². The fourth-order valence-corrected chi connectivity index (χ4v) is 4.27. The molecular weight excluding hydrogens is 300 g/mol. The van der Waals surface area contributed by atoms with Crippen molar-refractivity contribution < 1.29 is 9.90 Å². The summed E-state index contributed by atoms with van der Waals surface area (Å²) in [6.45, 7) is 5.53. The summed E-state index contributed by atoms with van der Waals surface area (Å²) in [6.07, 6.45) is 3.99. The number of hydrogen-bond donors (Lipinski definition) is 2. The van der Waals surface area contributed by atoms with Crippen LogP contribution in [-0.2, 0) is 12.8 Å². The zero-order valence-corrected chi connectivity index (χ0v) is 14.5. The van der Waals surface area contributed by atoms with Gasteiger partial charge in [-0.05, 0) is 62.3 Å². The van der Waals surface area contributed by atoms with Gasteiger partial charge >= 0.3 is 0 Å². The molecule has 3 unspecified atom stereocenters. The maximum atomic E-state index is 12.8. The van der Waals surface area contributed by atoms with Gasteiger partial charge in [-0.3, -0.25) is 4.79 Å². The van der Waals surface area contributed by atoms with E-state index in [1.54, 1.807) is 0 Å². The van der Waals surface area contributed by atoms with Gasteiger partial charge in [0.2, 0.25) is 0 Å². The zero-order chi connectivity index (χ0) is 16.8. The Bertz CT molecular complexity index is 777. The molecule has 0 bridgehead atoms. The number of aromatic nitrogens is 1. The lowest BCUT2D eigenvalue weighted by molar-refractivity contribution is 0.0762. The third-order valence-electron chi connectivity index (χ3n) is 5.88. The normalized spacial score (nSPS) is 25.0. The Hall–Kier alpha value is -1.81. The van der Waals surface area contributed by atoms with Crippen molar-refractivity contribution in [2.45, 2.75) is 45.6 Å². The van der Waals surface area contributed by atoms with E-state index in [2.05, 4.69) is 18.0 Å². The fraction of sp³-hybridized carbons (Fsp3) is 0.550. The van der Waals surface area contributed by atoms with Gasteiger partial charge in [-0.2, -0.15) is 0 Å². The van der Waals surface area contributed by atoms with Crippen LogP contribution >= 0.6 is 0 Å². The van der Waals surface area contributed by atoms with Crippen molar-refractivity contribution in [3.63, 3.8) is 0 Å². The van der Waals surface area contributed by atoms with Crippen molar-refractivity contribution in [2.24, 2.45) is 11.8 Å². The van der Waals surface area contributed by atoms with Crippen molar-refractivity contribution >= 4 is 16.8 Å². The second kappa shape index (κ2) is 5.92. The molecule has 1 amide bonds. The number of nitrogens with one attached hydrogen (secondary N) is 1. The Balaban J connectivity index is 1.63. The van der Waals surface area contributed by atoms with Gasteiger partial charge < -0.3 is 15.0 Å². The number of fused-ring (bicyclic) bond motifs is 3. The molecule has 4 rings (SSSR count). The monoisotopic (exact) mass is 326 g/mol. The smallest absolute Gasteiger partial charge is 0.253 e. The quantitative estimate of drug-likeness (QED) is 0.891. The van der Waals surface area contributed by atoms with Crippen LogP contribution in [0.2, 0.25) is 0 Å². The fourth-order valence-electron chi connectivity index (χ4n) is 4.27. The van der Waals surface area contributed by atoms with Crippen LogP contribution < -0.4 is 0 Å². The molecule has 2 heterocycles. The van der Waals surface area contributed by atoms with Gasteiger partial charge in [0, 0.05) is 41.2 Å². The molecule has 1 saturated heterocycles. The van der Waals surface area contributed by atoms with Crippen LogP contribution in [0.3, 0.4) is 0 Å².